The number of amides is 1. The molecule has 1 amide bonds. The summed E-state index contributed by atoms with van der Waals surface area (Å²) < 4.78 is 74.8. The second-order valence-electron chi connectivity index (χ2n) is 8.82. The number of carbonyl (C=O) groups excluding carboxylic acids is 1. The molecule has 2 heterocycles. The lowest BCUT2D eigenvalue weighted by molar-refractivity contribution is -0.385. The predicted octanol–water partition coefficient (Wildman–Crippen LogP) is 2.55. The Kier molecular flexibility index (Phi) is 17.5. The van der Waals surface area contributed by atoms with E-state index >= 15 is 0 Å². The summed E-state index contributed by atoms with van der Waals surface area (Å²) in [4.78, 5) is 102. The van der Waals surface area contributed by atoms with Crippen molar-refractivity contribution in [2.75, 3.05) is 13.2 Å². The molecule has 2 aromatic rings. The number of phosphoric ester groups is 1. The molecule has 2 aromatic heterocycles. The number of nitro groups is 2. The fourth-order valence-electron chi connectivity index (χ4n) is 2.90. The lowest BCUT2D eigenvalue weighted by Gasteiger charge is -2.19. The number of nitrogens with zero attached hydrogens (tertiary/aromatic N) is 4. The minimum atomic E-state index is -6.16. The molecule has 0 saturated carbocycles. The first-order valence-electron chi connectivity index (χ1n) is 12.8. The zero-order valence-electron chi connectivity index (χ0n) is 24.9. The number of aromatic carboxylic acids is 1. The van der Waals surface area contributed by atoms with Gasteiger partial charge in [-0.05, 0) is 25.0 Å². The topological polar surface area (TPSA) is 431 Å². The van der Waals surface area contributed by atoms with Crippen LogP contribution in [0.2, 0.25) is 0 Å². The van der Waals surface area contributed by atoms with Crippen molar-refractivity contribution in [3.05, 3.63) is 68.3 Å². The van der Waals surface area contributed by atoms with Crippen LogP contribution >= 0.6 is 39.1 Å². The summed E-state index contributed by atoms with van der Waals surface area (Å²) in [5.41, 5.74) is -0.755. The molecular weight excluding hydrogens is 809 g/mol. The Morgan fingerprint density at radius 1 is 0.667 bits per heavy atom. The molecule has 0 aromatic carbocycles. The number of pyridine rings is 2. The highest BCUT2D eigenvalue weighted by Crippen LogP contribution is 2.73. The van der Waals surface area contributed by atoms with Crippen molar-refractivity contribution < 1.29 is 98.5 Å². The van der Waals surface area contributed by atoms with Gasteiger partial charge in [0.1, 0.15) is 23.8 Å². The third-order valence-electron chi connectivity index (χ3n) is 4.81. The summed E-state index contributed by atoms with van der Waals surface area (Å²) >= 11 is 0. The van der Waals surface area contributed by atoms with Crippen molar-refractivity contribution in [3.8, 4) is 0 Å². The van der Waals surface area contributed by atoms with Crippen LogP contribution in [0.5, 0.6) is 0 Å². The Bertz CT molecular complexity index is 1750. The van der Waals surface area contributed by atoms with Gasteiger partial charge in [0.2, 0.25) is 0 Å². The first-order chi connectivity index (χ1) is 23.2. The highest BCUT2D eigenvalue weighted by atomic mass is 31.3. The van der Waals surface area contributed by atoms with Gasteiger partial charge in [-0.15, -0.1) is 0 Å². The maximum Gasteiger partial charge on any atom is 0.490 e. The van der Waals surface area contributed by atoms with E-state index in [-0.39, 0.29) is 35.7 Å². The largest absolute Gasteiger partial charge is 0.490 e. The van der Waals surface area contributed by atoms with Crippen LogP contribution in [0.3, 0.4) is 0 Å². The summed E-state index contributed by atoms with van der Waals surface area (Å²) in [6.07, 6.45) is 3.15. The van der Waals surface area contributed by atoms with E-state index in [1.165, 1.54) is 6.07 Å². The Hall–Kier alpha value is -3.25. The summed E-state index contributed by atoms with van der Waals surface area (Å²) in [6, 6.07) is 4.47. The van der Waals surface area contributed by atoms with Crippen molar-refractivity contribution in [1.29, 1.82) is 0 Å². The monoisotopic (exact) mass is 835 g/mol. The molecule has 2 rings (SSSR count). The molecular formula is C18H26N5O23P5. The second-order valence-corrected chi connectivity index (χ2v) is 16.4. The number of rotatable bonds is 20. The number of hydrogen-bond donors (Lipinski definition) is 8. The van der Waals surface area contributed by atoms with Gasteiger partial charge in [0.05, 0.1) is 16.5 Å². The third-order valence-corrected chi connectivity index (χ3v) is 11.9. The van der Waals surface area contributed by atoms with Crippen molar-refractivity contribution in [2.24, 2.45) is 0 Å². The second kappa shape index (κ2) is 19.5. The molecule has 8 N–H and O–H groups in total. The summed E-state index contributed by atoms with van der Waals surface area (Å²) in [5.74, 6) is -1.78. The van der Waals surface area contributed by atoms with Gasteiger partial charge in [0.25, 0.3) is 17.3 Å². The molecule has 51 heavy (non-hydrogen) atoms. The van der Waals surface area contributed by atoms with Gasteiger partial charge in [-0.3, -0.25) is 29.5 Å². The molecule has 33 heteroatoms. The van der Waals surface area contributed by atoms with Crippen LogP contribution < -0.4 is 5.32 Å². The lowest BCUT2D eigenvalue weighted by atomic mass is 10.2. The first-order valence-corrected chi connectivity index (χ1v) is 20.3. The van der Waals surface area contributed by atoms with Gasteiger partial charge in [0, 0.05) is 18.7 Å². The minimum absolute atomic E-state index is 0.0400. The van der Waals surface area contributed by atoms with Crippen LogP contribution in [-0.4, -0.2) is 79.3 Å². The van der Waals surface area contributed by atoms with E-state index in [4.69, 9.17) is 19.8 Å². The Morgan fingerprint density at radius 3 is 1.51 bits per heavy atom. The highest BCUT2D eigenvalue weighted by Gasteiger charge is 2.47. The van der Waals surface area contributed by atoms with Gasteiger partial charge in [-0.25, -0.2) is 37.6 Å². The van der Waals surface area contributed by atoms with Crippen molar-refractivity contribution >= 4 is 62.4 Å². The average Bonchev–Trinajstić information content (AvgIpc) is 2.95. The summed E-state index contributed by atoms with van der Waals surface area (Å²) in [7, 11) is -29.4. The van der Waals surface area contributed by atoms with Crippen molar-refractivity contribution in [1.82, 2.24) is 15.3 Å². The lowest BCUT2D eigenvalue weighted by Crippen LogP contribution is -2.25. The quantitative estimate of drug-likeness (QED) is 0.0411. The number of carboxylic acid groups (broad SMARTS) is 1. The van der Waals surface area contributed by atoms with E-state index in [9.17, 15) is 67.3 Å². The maximum atomic E-state index is 11.9. The molecule has 0 saturated heterocycles. The fraction of sp³-hybridized carbons (Fsp3) is 0.333. The average molecular weight is 835 g/mol. The summed E-state index contributed by atoms with van der Waals surface area (Å²) in [5, 5.41) is 31.6. The van der Waals surface area contributed by atoms with Crippen molar-refractivity contribution in [2.45, 2.75) is 25.7 Å². The van der Waals surface area contributed by atoms with E-state index in [0.29, 0.717) is 19.3 Å². The first kappa shape index (κ1) is 45.8. The Labute approximate surface area is 283 Å². The zero-order chi connectivity index (χ0) is 39.3. The van der Waals surface area contributed by atoms with Crippen LogP contribution in [0, 0.1) is 20.2 Å². The predicted molar refractivity (Wildman–Crippen MR) is 161 cm³/mol. The van der Waals surface area contributed by atoms with Crippen LogP contribution in [-0.2, 0) is 44.6 Å². The van der Waals surface area contributed by atoms with Crippen LogP contribution in [0.4, 0.5) is 11.4 Å². The molecule has 0 radical (unpaired) electrons. The molecule has 0 aliphatic rings. The number of phosphoric acid groups is 5. The summed E-state index contributed by atoms with van der Waals surface area (Å²) in [6.45, 7) is -0.351. The number of hydrogen-bond acceptors (Lipinski definition) is 18. The molecule has 0 aliphatic heterocycles. The molecule has 0 aliphatic carbocycles. The van der Waals surface area contributed by atoms with E-state index in [2.05, 4.69) is 37.1 Å². The SMILES string of the molecule is O=C(NCCCCCCOP(=O)(O)OP(=O)(O)OP(=O)(O)OP(=O)(O)OP(=O)(O)O)c1ccc([N+](=O)[O-])cn1.O=C(O)c1ccc([N+](=O)[O-])cn1. The molecule has 28 nitrogen and oxygen atoms in total. The molecule has 0 bridgehead atoms. The number of unbranched alkanes of at least 4 members (excludes halogenated alkanes) is 3. The van der Waals surface area contributed by atoms with Gasteiger partial charge in [0.15, 0.2) is 0 Å². The van der Waals surface area contributed by atoms with Crippen LogP contribution in [0.1, 0.15) is 46.7 Å². The molecule has 286 valence electrons. The normalized spacial score (nSPS) is 16.1. The van der Waals surface area contributed by atoms with Gasteiger partial charge in [-0.1, -0.05) is 12.8 Å². The Morgan fingerprint density at radius 2 is 1.10 bits per heavy atom. The number of carbonyl (C=O) groups is 2. The Balaban J connectivity index is 0.000000907. The number of carboxylic acids is 1. The van der Waals surface area contributed by atoms with E-state index in [1.807, 2.05) is 0 Å². The van der Waals surface area contributed by atoms with Gasteiger partial charge >= 0.3 is 45.1 Å². The molecule has 0 fully saturated rings. The van der Waals surface area contributed by atoms with E-state index < -0.39 is 67.4 Å². The van der Waals surface area contributed by atoms with E-state index in [0.717, 1.165) is 30.6 Å². The maximum absolute atomic E-state index is 11.9. The smallest absolute Gasteiger partial charge is 0.477 e. The van der Waals surface area contributed by atoms with Gasteiger partial charge < -0.3 is 39.8 Å². The fourth-order valence-corrected chi connectivity index (χ4v) is 8.81. The van der Waals surface area contributed by atoms with E-state index in [1.54, 1.807) is 0 Å². The minimum Gasteiger partial charge on any atom is -0.477 e. The third kappa shape index (κ3) is 19.8. The van der Waals surface area contributed by atoms with Crippen LogP contribution in [0.25, 0.3) is 0 Å². The number of aromatic nitrogens is 2. The highest BCUT2D eigenvalue weighted by molar-refractivity contribution is 7.71. The number of nitrogens with one attached hydrogen (secondary N) is 1. The van der Waals surface area contributed by atoms with Crippen LogP contribution in [0.15, 0.2) is 36.7 Å². The standard InChI is InChI=1S/C12H22N3O19P5.C6H4N2O4/c16-12(11-6-5-10(9-14-11)15(17)18)13-7-3-1-2-4-8-30-36(22,23)32-38(26,27)34-39(28,29)33-37(24,25)31-35(19,20)21;9-6(10)5-2-1-4(3-7-5)8(11)12/h5-6,9H,1-4,7-8H2,(H,13,16)(H,22,23)(H,24,25)(H,26,27)(H,28,29)(H2,19,20,21);1-3H,(H,9,10). The molecule has 0 spiro atoms. The van der Waals surface area contributed by atoms with Gasteiger partial charge in [-0.2, -0.15) is 17.2 Å². The van der Waals surface area contributed by atoms with Crippen molar-refractivity contribution in [3.63, 3.8) is 0 Å². The zero-order valence-corrected chi connectivity index (χ0v) is 29.4. The molecule has 4 atom stereocenters. The molecule has 4 unspecified atom stereocenters.